The summed E-state index contributed by atoms with van der Waals surface area (Å²) in [6.45, 7) is 8.57. The third-order valence-electron chi connectivity index (χ3n) is 6.36. The number of morpholine rings is 1. The zero-order chi connectivity index (χ0) is 21.5. The largest absolute Gasteiger partial charge is 0.378 e. The molecule has 166 valence electrons. The fourth-order valence-electron chi connectivity index (χ4n) is 4.49. The van der Waals surface area contributed by atoms with E-state index in [4.69, 9.17) is 14.7 Å². The average Bonchev–Trinajstić information content (AvgIpc) is 3.44. The normalized spacial score (nSPS) is 18.7. The van der Waals surface area contributed by atoms with Crippen LogP contribution in [-0.4, -0.2) is 89.1 Å². The van der Waals surface area contributed by atoms with Crippen LogP contribution in [0.3, 0.4) is 0 Å². The van der Waals surface area contributed by atoms with Crippen molar-refractivity contribution in [2.75, 3.05) is 64.4 Å². The van der Waals surface area contributed by atoms with Crippen LogP contribution in [0.25, 0.3) is 27.1 Å². The van der Waals surface area contributed by atoms with Crippen LogP contribution in [0.2, 0.25) is 0 Å². The number of para-hydroxylation sites is 1. The van der Waals surface area contributed by atoms with E-state index in [2.05, 4.69) is 45.0 Å². The number of rotatable bonds is 4. The summed E-state index contributed by atoms with van der Waals surface area (Å²) >= 11 is 1.78. The minimum Gasteiger partial charge on any atom is -0.378 e. The van der Waals surface area contributed by atoms with E-state index in [1.165, 1.54) is 4.88 Å². The van der Waals surface area contributed by atoms with Crippen LogP contribution in [0.15, 0.2) is 36.5 Å². The van der Waals surface area contributed by atoms with Gasteiger partial charge in [-0.05, 0) is 19.2 Å². The lowest BCUT2D eigenvalue weighted by Crippen LogP contribution is -2.43. The second-order valence-corrected chi connectivity index (χ2v) is 9.69. The molecule has 3 aromatic heterocycles. The summed E-state index contributed by atoms with van der Waals surface area (Å²) in [4.78, 5) is 19.6. The molecule has 1 aromatic carbocycles. The van der Waals surface area contributed by atoms with E-state index in [1.807, 2.05) is 23.0 Å². The molecule has 0 radical (unpaired) electrons. The van der Waals surface area contributed by atoms with E-state index in [9.17, 15) is 0 Å². The highest BCUT2D eigenvalue weighted by molar-refractivity contribution is 7.18. The topological polar surface area (TPSA) is 62.6 Å². The zero-order valence-corrected chi connectivity index (χ0v) is 19.1. The van der Waals surface area contributed by atoms with Crippen molar-refractivity contribution in [3.63, 3.8) is 0 Å². The molecule has 9 heteroatoms. The van der Waals surface area contributed by atoms with Crippen molar-refractivity contribution in [2.24, 2.45) is 0 Å². The Bertz CT molecular complexity index is 1240. The number of likely N-dealkylation sites (N-methyl/N-ethyl adjacent to an activating group) is 1. The first-order valence-electron chi connectivity index (χ1n) is 11.2. The van der Waals surface area contributed by atoms with E-state index < -0.39 is 0 Å². The molecule has 0 amide bonds. The van der Waals surface area contributed by atoms with Gasteiger partial charge in [0.25, 0.3) is 5.95 Å². The molecule has 0 saturated carbocycles. The van der Waals surface area contributed by atoms with Crippen molar-refractivity contribution >= 4 is 38.3 Å². The monoisotopic (exact) mass is 449 g/mol. The lowest BCUT2D eigenvalue weighted by molar-refractivity contribution is 0.122. The molecule has 0 atom stereocenters. The minimum atomic E-state index is 0.633. The maximum atomic E-state index is 5.60. The molecular weight excluding hydrogens is 422 g/mol. The molecule has 2 fully saturated rings. The van der Waals surface area contributed by atoms with Gasteiger partial charge >= 0.3 is 0 Å². The van der Waals surface area contributed by atoms with Gasteiger partial charge in [0.2, 0.25) is 0 Å². The fourth-order valence-corrected chi connectivity index (χ4v) is 5.55. The maximum Gasteiger partial charge on any atom is 0.254 e. The summed E-state index contributed by atoms with van der Waals surface area (Å²) in [6.07, 6.45) is 1.88. The van der Waals surface area contributed by atoms with Gasteiger partial charge in [0, 0.05) is 56.1 Å². The van der Waals surface area contributed by atoms with Crippen molar-refractivity contribution in [2.45, 2.75) is 6.54 Å². The first-order valence-corrected chi connectivity index (χ1v) is 12.0. The van der Waals surface area contributed by atoms with Crippen molar-refractivity contribution in [3.8, 4) is 5.95 Å². The van der Waals surface area contributed by atoms with E-state index in [1.54, 1.807) is 11.3 Å². The molecule has 0 spiro atoms. The molecule has 5 heterocycles. The summed E-state index contributed by atoms with van der Waals surface area (Å²) < 4.78 is 7.46. The highest BCUT2D eigenvalue weighted by Gasteiger charge is 2.22. The summed E-state index contributed by atoms with van der Waals surface area (Å²) in [5.41, 5.74) is 1.02. The number of benzene rings is 1. The minimum absolute atomic E-state index is 0.633. The lowest BCUT2D eigenvalue weighted by atomic mass is 10.2. The average molecular weight is 450 g/mol. The van der Waals surface area contributed by atoms with Gasteiger partial charge in [-0.15, -0.1) is 11.3 Å². The molecule has 0 unspecified atom stereocenters. The molecule has 0 aliphatic carbocycles. The van der Waals surface area contributed by atoms with Crippen molar-refractivity contribution in [1.82, 2.24) is 29.5 Å². The van der Waals surface area contributed by atoms with Crippen LogP contribution >= 0.6 is 11.3 Å². The van der Waals surface area contributed by atoms with Gasteiger partial charge in [-0.2, -0.15) is 19.7 Å². The Kier molecular flexibility index (Phi) is 5.26. The zero-order valence-electron chi connectivity index (χ0n) is 18.3. The predicted octanol–water partition coefficient (Wildman–Crippen LogP) is 2.61. The van der Waals surface area contributed by atoms with Gasteiger partial charge in [-0.1, -0.05) is 18.2 Å². The molecule has 2 aliphatic heterocycles. The smallest absolute Gasteiger partial charge is 0.254 e. The Labute approximate surface area is 191 Å². The standard InChI is InChI=1S/C23H27N7OS/c1-27-6-8-28(9-7-27)16-18-14-19-21(29-10-12-31-13-11-29)25-23(26-22(19)32-18)30-20-5-3-2-4-17(20)15-24-30/h2-5,14-15H,6-13,16H2,1H3. The first kappa shape index (κ1) is 20.0. The SMILES string of the molecule is CN1CCN(Cc2cc3c(N4CCOCC4)nc(-n4ncc5ccccc54)nc3s2)CC1. The van der Waals surface area contributed by atoms with Crippen molar-refractivity contribution in [1.29, 1.82) is 0 Å². The summed E-state index contributed by atoms with van der Waals surface area (Å²) in [7, 11) is 2.20. The van der Waals surface area contributed by atoms with Gasteiger partial charge in [0.15, 0.2) is 0 Å². The number of nitrogens with zero attached hydrogens (tertiary/aromatic N) is 7. The van der Waals surface area contributed by atoms with Crippen LogP contribution in [0.1, 0.15) is 4.88 Å². The molecule has 8 nitrogen and oxygen atoms in total. The second kappa shape index (κ2) is 8.40. The number of ether oxygens (including phenoxy) is 1. The summed E-state index contributed by atoms with van der Waals surface area (Å²) in [5, 5.41) is 6.84. The molecule has 0 bridgehead atoms. The molecular formula is C23H27N7OS. The quantitative estimate of drug-likeness (QED) is 0.475. The van der Waals surface area contributed by atoms with E-state index in [0.717, 1.165) is 86.0 Å². The fraction of sp³-hybridized carbons (Fsp3) is 0.435. The molecule has 2 saturated heterocycles. The highest BCUT2D eigenvalue weighted by Crippen LogP contribution is 2.33. The van der Waals surface area contributed by atoms with Gasteiger partial charge in [-0.3, -0.25) is 4.90 Å². The Morgan fingerprint density at radius 2 is 1.81 bits per heavy atom. The van der Waals surface area contributed by atoms with Crippen molar-refractivity contribution < 1.29 is 4.74 Å². The maximum absolute atomic E-state index is 5.60. The lowest BCUT2D eigenvalue weighted by Gasteiger charge is -2.31. The first-order chi connectivity index (χ1) is 15.7. The Morgan fingerprint density at radius 3 is 2.66 bits per heavy atom. The molecule has 6 rings (SSSR count). The number of fused-ring (bicyclic) bond motifs is 2. The third-order valence-corrected chi connectivity index (χ3v) is 7.38. The number of anilines is 1. The van der Waals surface area contributed by atoms with Crippen LogP contribution < -0.4 is 4.90 Å². The molecule has 32 heavy (non-hydrogen) atoms. The Balaban J connectivity index is 1.42. The van der Waals surface area contributed by atoms with Crippen LogP contribution in [0.5, 0.6) is 0 Å². The van der Waals surface area contributed by atoms with Gasteiger partial charge in [0.05, 0.1) is 30.3 Å². The highest BCUT2D eigenvalue weighted by atomic mass is 32.1. The van der Waals surface area contributed by atoms with Crippen LogP contribution in [-0.2, 0) is 11.3 Å². The third kappa shape index (κ3) is 3.75. The van der Waals surface area contributed by atoms with Crippen LogP contribution in [0, 0.1) is 0 Å². The summed E-state index contributed by atoms with van der Waals surface area (Å²) in [6, 6.07) is 10.5. The molecule has 2 aliphatic rings. The van der Waals surface area contributed by atoms with Crippen LogP contribution in [0.4, 0.5) is 5.82 Å². The number of piperazine rings is 1. The van der Waals surface area contributed by atoms with Gasteiger partial charge in [0.1, 0.15) is 10.6 Å². The number of hydrogen-bond donors (Lipinski definition) is 0. The van der Waals surface area contributed by atoms with E-state index in [0.29, 0.717) is 5.95 Å². The van der Waals surface area contributed by atoms with Gasteiger partial charge in [-0.25, -0.2) is 0 Å². The van der Waals surface area contributed by atoms with E-state index in [-0.39, 0.29) is 0 Å². The molecule has 4 aromatic rings. The molecule has 0 N–H and O–H groups in total. The Hall–Kier alpha value is -2.59. The summed E-state index contributed by atoms with van der Waals surface area (Å²) in [5.74, 6) is 1.63. The van der Waals surface area contributed by atoms with E-state index >= 15 is 0 Å². The number of thiophene rings is 1. The number of aromatic nitrogens is 4. The Morgan fingerprint density at radius 1 is 1.00 bits per heavy atom. The number of hydrogen-bond acceptors (Lipinski definition) is 8. The van der Waals surface area contributed by atoms with Crippen molar-refractivity contribution in [3.05, 3.63) is 41.4 Å². The second-order valence-electron chi connectivity index (χ2n) is 8.57. The van der Waals surface area contributed by atoms with Gasteiger partial charge < -0.3 is 14.5 Å². The predicted molar refractivity (Wildman–Crippen MR) is 128 cm³/mol.